The lowest BCUT2D eigenvalue weighted by molar-refractivity contribution is 0.0690. The Labute approximate surface area is 117 Å². The number of carboxylic acids is 1. The molecule has 4 heteroatoms. The van der Waals surface area contributed by atoms with Gasteiger partial charge >= 0.3 is 5.97 Å². The van der Waals surface area contributed by atoms with Gasteiger partial charge in [-0.25, -0.2) is 4.79 Å². The number of hydrogen-bond donors (Lipinski definition) is 2. The first-order valence-electron chi connectivity index (χ1n) is 6.91. The number of aromatic nitrogens is 1. The lowest BCUT2D eigenvalue weighted by atomic mass is 9.98. The molecule has 0 aliphatic rings. The molecule has 0 bridgehead atoms. The van der Waals surface area contributed by atoms with Gasteiger partial charge in [0.2, 0.25) is 0 Å². The Morgan fingerprint density at radius 3 is 2.55 bits per heavy atom. The first-order valence-corrected chi connectivity index (χ1v) is 6.91. The quantitative estimate of drug-likeness (QED) is 0.899. The summed E-state index contributed by atoms with van der Waals surface area (Å²) in [7, 11) is 0. The van der Waals surface area contributed by atoms with E-state index in [4.69, 9.17) is 0 Å². The van der Waals surface area contributed by atoms with E-state index < -0.39 is 5.97 Å². The SMILES string of the molecule is CCCc1cc(CC)c2[nH]c(C(=O)O)c(C)c(=O)c2c1. The summed E-state index contributed by atoms with van der Waals surface area (Å²) < 4.78 is 0. The Bertz CT molecular complexity index is 729. The number of aromatic amines is 1. The molecule has 0 unspecified atom stereocenters. The monoisotopic (exact) mass is 273 g/mol. The van der Waals surface area contributed by atoms with Crippen LogP contribution < -0.4 is 5.43 Å². The smallest absolute Gasteiger partial charge is 0.352 e. The molecular formula is C16H19NO3. The van der Waals surface area contributed by atoms with Crippen molar-refractivity contribution < 1.29 is 9.90 Å². The lowest BCUT2D eigenvalue weighted by Gasteiger charge is -2.11. The highest BCUT2D eigenvalue weighted by molar-refractivity contribution is 5.92. The molecule has 0 saturated carbocycles. The summed E-state index contributed by atoms with van der Waals surface area (Å²) >= 11 is 0. The maximum Gasteiger partial charge on any atom is 0.352 e. The molecule has 0 saturated heterocycles. The average Bonchev–Trinajstić information content (AvgIpc) is 2.42. The summed E-state index contributed by atoms with van der Waals surface area (Å²) in [5.74, 6) is -1.10. The Balaban J connectivity index is 2.87. The minimum Gasteiger partial charge on any atom is -0.477 e. The highest BCUT2D eigenvalue weighted by Gasteiger charge is 2.15. The van der Waals surface area contributed by atoms with Crippen LogP contribution >= 0.6 is 0 Å². The molecule has 0 aliphatic carbocycles. The van der Waals surface area contributed by atoms with Crippen LogP contribution in [-0.2, 0) is 12.8 Å². The summed E-state index contributed by atoms with van der Waals surface area (Å²) in [6.45, 7) is 5.65. The minimum atomic E-state index is -1.10. The van der Waals surface area contributed by atoms with E-state index in [1.165, 1.54) is 0 Å². The fourth-order valence-electron chi connectivity index (χ4n) is 2.55. The molecule has 0 amide bonds. The highest BCUT2D eigenvalue weighted by atomic mass is 16.4. The van der Waals surface area contributed by atoms with E-state index in [-0.39, 0.29) is 16.7 Å². The van der Waals surface area contributed by atoms with Gasteiger partial charge in [0, 0.05) is 10.9 Å². The summed E-state index contributed by atoms with van der Waals surface area (Å²) in [6.07, 6.45) is 2.69. The standard InChI is InChI=1S/C16H19NO3/c1-4-6-10-7-11(5-2)14-12(8-10)15(18)9(3)13(17-14)16(19)20/h7-8H,4-6H2,1-3H3,(H,17,18)(H,19,20). The van der Waals surface area contributed by atoms with Crippen molar-refractivity contribution in [3.63, 3.8) is 0 Å². The maximum atomic E-state index is 12.4. The van der Waals surface area contributed by atoms with Crippen molar-refractivity contribution in [1.29, 1.82) is 0 Å². The van der Waals surface area contributed by atoms with E-state index >= 15 is 0 Å². The number of benzene rings is 1. The molecule has 2 N–H and O–H groups in total. The van der Waals surface area contributed by atoms with Crippen LogP contribution in [0.5, 0.6) is 0 Å². The van der Waals surface area contributed by atoms with Crippen molar-refractivity contribution in [3.8, 4) is 0 Å². The van der Waals surface area contributed by atoms with Gasteiger partial charge in [0.05, 0.1) is 5.52 Å². The van der Waals surface area contributed by atoms with Crippen LogP contribution in [0, 0.1) is 6.92 Å². The number of hydrogen-bond acceptors (Lipinski definition) is 2. The molecule has 20 heavy (non-hydrogen) atoms. The van der Waals surface area contributed by atoms with Crippen LogP contribution in [-0.4, -0.2) is 16.1 Å². The normalized spacial score (nSPS) is 10.9. The molecule has 0 fully saturated rings. The molecule has 0 aliphatic heterocycles. The van der Waals surface area contributed by atoms with Gasteiger partial charge in [-0.05, 0) is 37.0 Å². The van der Waals surface area contributed by atoms with Crippen LogP contribution in [0.3, 0.4) is 0 Å². The topological polar surface area (TPSA) is 70.2 Å². The van der Waals surface area contributed by atoms with Crippen molar-refractivity contribution in [2.24, 2.45) is 0 Å². The van der Waals surface area contributed by atoms with Gasteiger partial charge in [-0.3, -0.25) is 4.79 Å². The van der Waals surface area contributed by atoms with Gasteiger partial charge < -0.3 is 10.1 Å². The number of nitrogens with one attached hydrogen (secondary N) is 1. The van der Waals surface area contributed by atoms with Crippen LogP contribution in [0.25, 0.3) is 10.9 Å². The van der Waals surface area contributed by atoms with Crippen molar-refractivity contribution in [2.45, 2.75) is 40.0 Å². The van der Waals surface area contributed by atoms with Gasteiger partial charge in [0.15, 0.2) is 5.43 Å². The molecular weight excluding hydrogens is 254 g/mol. The van der Waals surface area contributed by atoms with Crippen LogP contribution in [0.1, 0.15) is 47.4 Å². The summed E-state index contributed by atoms with van der Waals surface area (Å²) in [6, 6.07) is 3.94. The number of fused-ring (bicyclic) bond motifs is 1. The molecule has 2 rings (SSSR count). The zero-order valence-electron chi connectivity index (χ0n) is 12.0. The van der Waals surface area contributed by atoms with Gasteiger partial charge in [-0.15, -0.1) is 0 Å². The van der Waals surface area contributed by atoms with E-state index in [2.05, 4.69) is 18.0 Å². The third-order valence-electron chi connectivity index (χ3n) is 3.62. The van der Waals surface area contributed by atoms with Crippen molar-refractivity contribution in [2.75, 3.05) is 0 Å². The first kappa shape index (κ1) is 14.3. The number of aryl methyl sites for hydroxylation is 2. The van der Waals surface area contributed by atoms with Crippen LogP contribution in [0.4, 0.5) is 0 Å². The predicted octanol–water partition coefficient (Wildman–Crippen LogP) is 3.05. The van der Waals surface area contributed by atoms with Gasteiger partial charge in [0.1, 0.15) is 5.69 Å². The third-order valence-corrected chi connectivity index (χ3v) is 3.62. The number of pyridine rings is 1. The number of rotatable bonds is 4. The van der Waals surface area contributed by atoms with Gasteiger partial charge in [0.25, 0.3) is 0 Å². The minimum absolute atomic E-state index is 0.0135. The molecule has 1 aromatic carbocycles. The number of carboxylic acid groups (broad SMARTS) is 1. The Morgan fingerprint density at radius 2 is 2.00 bits per heavy atom. The predicted molar refractivity (Wildman–Crippen MR) is 79.6 cm³/mol. The van der Waals surface area contributed by atoms with E-state index in [1.807, 2.05) is 13.0 Å². The van der Waals surface area contributed by atoms with Crippen molar-refractivity contribution in [1.82, 2.24) is 4.98 Å². The maximum absolute atomic E-state index is 12.4. The second-order valence-electron chi connectivity index (χ2n) is 5.04. The molecule has 2 aromatic rings. The fourth-order valence-corrected chi connectivity index (χ4v) is 2.55. The van der Waals surface area contributed by atoms with Crippen LogP contribution in [0.2, 0.25) is 0 Å². The van der Waals surface area contributed by atoms with E-state index in [9.17, 15) is 14.7 Å². The molecule has 0 atom stereocenters. The van der Waals surface area contributed by atoms with Gasteiger partial charge in [-0.1, -0.05) is 26.3 Å². The Hall–Kier alpha value is -2.10. The number of aromatic carboxylic acids is 1. The number of H-pyrrole nitrogens is 1. The Morgan fingerprint density at radius 1 is 1.30 bits per heavy atom. The molecule has 0 radical (unpaired) electrons. The molecule has 1 aromatic heterocycles. The van der Waals surface area contributed by atoms with Gasteiger partial charge in [-0.2, -0.15) is 0 Å². The highest BCUT2D eigenvalue weighted by Crippen LogP contribution is 2.20. The molecule has 1 heterocycles. The summed E-state index contributed by atoms with van der Waals surface area (Å²) in [4.78, 5) is 26.5. The number of carbonyl (C=O) groups is 1. The first-order chi connectivity index (χ1) is 9.49. The second-order valence-corrected chi connectivity index (χ2v) is 5.04. The summed E-state index contributed by atoms with van der Waals surface area (Å²) in [5, 5.41) is 9.77. The average molecular weight is 273 g/mol. The zero-order chi connectivity index (χ0) is 14.9. The fraction of sp³-hybridized carbons (Fsp3) is 0.375. The van der Waals surface area contributed by atoms with Crippen molar-refractivity contribution >= 4 is 16.9 Å². The molecule has 0 spiro atoms. The van der Waals surface area contributed by atoms with E-state index in [0.29, 0.717) is 10.9 Å². The second kappa shape index (κ2) is 5.49. The third kappa shape index (κ3) is 2.33. The molecule has 4 nitrogen and oxygen atoms in total. The van der Waals surface area contributed by atoms with E-state index in [0.717, 1.165) is 30.4 Å². The van der Waals surface area contributed by atoms with Crippen molar-refractivity contribution in [3.05, 3.63) is 44.7 Å². The van der Waals surface area contributed by atoms with E-state index in [1.54, 1.807) is 6.92 Å². The Kier molecular flexibility index (Phi) is 3.93. The summed E-state index contributed by atoms with van der Waals surface area (Å²) in [5.41, 5.74) is 2.83. The largest absolute Gasteiger partial charge is 0.477 e. The van der Waals surface area contributed by atoms with Crippen LogP contribution in [0.15, 0.2) is 16.9 Å². The molecule has 106 valence electrons. The zero-order valence-corrected chi connectivity index (χ0v) is 12.0. The lowest BCUT2D eigenvalue weighted by Crippen LogP contribution is -2.16.